The summed E-state index contributed by atoms with van der Waals surface area (Å²) >= 11 is 0. The van der Waals surface area contributed by atoms with Gasteiger partial charge in [0.25, 0.3) is 5.91 Å². The molecule has 0 atom stereocenters. The normalized spacial score (nSPS) is 11.0. The molecule has 2 aromatic heterocycles. The summed E-state index contributed by atoms with van der Waals surface area (Å²) in [6, 6.07) is 14.8. The minimum absolute atomic E-state index is 0.129. The van der Waals surface area contributed by atoms with E-state index in [9.17, 15) is 9.18 Å². The predicted octanol–water partition coefficient (Wildman–Crippen LogP) is 4.64. The molecular weight excluding hydrogens is 355 g/mol. The summed E-state index contributed by atoms with van der Waals surface area (Å²) in [5, 5.41) is 7.61. The predicted molar refractivity (Wildman–Crippen MR) is 108 cm³/mol. The molecule has 0 bridgehead atoms. The molecule has 1 N–H and O–H groups in total. The number of fused-ring (bicyclic) bond motifs is 1. The summed E-state index contributed by atoms with van der Waals surface area (Å²) in [4.78, 5) is 17.0. The number of hydrogen-bond donors (Lipinski definition) is 1. The second kappa shape index (κ2) is 6.88. The molecule has 0 aliphatic heterocycles. The van der Waals surface area contributed by atoms with Gasteiger partial charge in [0.15, 0.2) is 0 Å². The molecule has 2 aromatic carbocycles. The number of benzene rings is 2. The van der Waals surface area contributed by atoms with Crippen LogP contribution < -0.4 is 5.32 Å². The Bertz CT molecular complexity index is 1210. The second-order valence-electron chi connectivity index (χ2n) is 6.79. The van der Waals surface area contributed by atoms with Gasteiger partial charge in [0.1, 0.15) is 11.5 Å². The maximum absolute atomic E-state index is 15.0. The number of aryl methyl sites for hydroxylation is 2. The quantitative estimate of drug-likeness (QED) is 0.568. The molecule has 28 heavy (non-hydrogen) atoms. The van der Waals surface area contributed by atoms with E-state index < -0.39 is 11.7 Å². The third-order valence-corrected chi connectivity index (χ3v) is 4.81. The number of hydrogen-bond acceptors (Lipinski definition) is 3. The maximum Gasteiger partial charge on any atom is 0.273 e. The van der Waals surface area contributed by atoms with Gasteiger partial charge in [-0.25, -0.2) is 9.37 Å². The lowest BCUT2D eigenvalue weighted by Crippen LogP contribution is -2.17. The van der Waals surface area contributed by atoms with Gasteiger partial charge in [0.05, 0.1) is 16.9 Å². The van der Waals surface area contributed by atoms with E-state index in [4.69, 9.17) is 0 Å². The highest BCUT2D eigenvalue weighted by Gasteiger charge is 2.16. The topological polar surface area (TPSA) is 59.8 Å². The number of anilines is 1. The largest absolute Gasteiger partial charge is 0.318 e. The van der Waals surface area contributed by atoms with Crippen LogP contribution in [0.25, 0.3) is 22.2 Å². The summed E-state index contributed by atoms with van der Waals surface area (Å²) in [5.74, 6) is -0.885. The van der Waals surface area contributed by atoms with Crippen LogP contribution in [0.4, 0.5) is 10.1 Å². The van der Waals surface area contributed by atoms with Gasteiger partial charge in [0.2, 0.25) is 0 Å². The van der Waals surface area contributed by atoms with Gasteiger partial charge in [-0.15, -0.1) is 0 Å². The van der Waals surface area contributed by atoms with Crippen LogP contribution in [-0.4, -0.2) is 20.7 Å². The first-order chi connectivity index (χ1) is 13.4. The monoisotopic (exact) mass is 374 g/mol. The fraction of sp³-hybridized carbons (Fsp3) is 0.136. The summed E-state index contributed by atoms with van der Waals surface area (Å²) in [6.07, 6.45) is 1.52. The molecule has 5 nitrogen and oxygen atoms in total. The van der Waals surface area contributed by atoms with Crippen LogP contribution in [0.3, 0.4) is 0 Å². The Hall–Kier alpha value is -3.54. The van der Waals surface area contributed by atoms with E-state index >= 15 is 0 Å². The van der Waals surface area contributed by atoms with Crippen molar-refractivity contribution in [2.24, 2.45) is 7.05 Å². The van der Waals surface area contributed by atoms with Crippen molar-refractivity contribution in [1.29, 1.82) is 0 Å². The molecule has 0 spiro atoms. The fourth-order valence-electron chi connectivity index (χ4n) is 3.24. The van der Waals surface area contributed by atoms with Crippen molar-refractivity contribution in [3.63, 3.8) is 0 Å². The van der Waals surface area contributed by atoms with Crippen molar-refractivity contribution in [2.75, 3.05) is 5.32 Å². The van der Waals surface area contributed by atoms with Gasteiger partial charge < -0.3 is 5.32 Å². The standard InChI is InChI=1S/C22H19FN4O/c1-13-4-7-17-15(12-13)5-8-18(25-17)16-6-9-19(21(23)14(16)2)26-22(28)20-10-11-24-27(20)3/h4-12H,1-3H3,(H,26,28). The number of rotatable bonds is 3. The Labute approximate surface area is 161 Å². The number of carbonyl (C=O) groups excluding carboxylic acids is 1. The number of nitrogens with one attached hydrogen (secondary N) is 1. The van der Waals surface area contributed by atoms with E-state index in [1.54, 1.807) is 32.2 Å². The van der Waals surface area contributed by atoms with Crippen LogP contribution >= 0.6 is 0 Å². The SMILES string of the molecule is Cc1ccc2nc(-c3ccc(NC(=O)c4ccnn4C)c(F)c3C)ccc2c1. The van der Waals surface area contributed by atoms with Crippen molar-refractivity contribution in [3.05, 3.63) is 77.4 Å². The molecule has 0 saturated carbocycles. The van der Waals surface area contributed by atoms with Crippen LogP contribution in [0, 0.1) is 19.7 Å². The minimum Gasteiger partial charge on any atom is -0.318 e. The smallest absolute Gasteiger partial charge is 0.273 e. The Morgan fingerprint density at radius 3 is 2.64 bits per heavy atom. The van der Waals surface area contributed by atoms with Gasteiger partial charge in [0, 0.05) is 24.2 Å². The van der Waals surface area contributed by atoms with E-state index in [1.807, 2.05) is 31.2 Å². The Morgan fingerprint density at radius 1 is 1.07 bits per heavy atom. The maximum atomic E-state index is 15.0. The van der Waals surface area contributed by atoms with E-state index in [1.165, 1.54) is 10.9 Å². The first-order valence-electron chi connectivity index (χ1n) is 8.90. The zero-order chi connectivity index (χ0) is 19.8. The average Bonchev–Trinajstić information content (AvgIpc) is 3.11. The molecule has 140 valence electrons. The zero-order valence-corrected chi connectivity index (χ0v) is 15.8. The average molecular weight is 374 g/mol. The lowest BCUT2D eigenvalue weighted by molar-refractivity contribution is 0.101. The Balaban J connectivity index is 1.69. The van der Waals surface area contributed by atoms with Gasteiger partial charge in [-0.05, 0) is 49.7 Å². The highest BCUT2D eigenvalue weighted by atomic mass is 19.1. The van der Waals surface area contributed by atoms with Crippen molar-refractivity contribution >= 4 is 22.5 Å². The minimum atomic E-state index is -0.473. The van der Waals surface area contributed by atoms with E-state index in [0.717, 1.165) is 16.5 Å². The molecule has 1 amide bonds. The van der Waals surface area contributed by atoms with E-state index in [-0.39, 0.29) is 5.69 Å². The summed E-state index contributed by atoms with van der Waals surface area (Å²) in [5.41, 5.74) is 4.32. The number of aromatic nitrogens is 3. The van der Waals surface area contributed by atoms with E-state index in [2.05, 4.69) is 21.5 Å². The van der Waals surface area contributed by atoms with Gasteiger partial charge in [-0.2, -0.15) is 5.10 Å². The first kappa shape index (κ1) is 17.9. The lowest BCUT2D eigenvalue weighted by atomic mass is 10.0. The fourth-order valence-corrected chi connectivity index (χ4v) is 3.24. The van der Waals surface area contributed by atoms with E-state index in [0.29, 0.717) is 22.5 Å². The molecule has 2 heterocycles. The number of pyridine rings is 1. The molecular formula is C22H19FN4O. The second-order valence-corrected chi connectivity index (χ2v) is 6.79. The van der Waals surface area contributed by atoms with Crippen LogP contribution in [0.1, 0.15) is 21.6 Å². The Morgan fingerprint density at radius 2 is 1.89 bits per heavy atom. The van der Waals surface area contributed by atoms with Gasteiger partial charge in [-0.1, -0.05) is 23.8 Å². The molecule has 0 aliphatic rings. The third-order valence-electron chi connectivity index (χ3n) is 4.81. The Kier molecular flexibility index (Phi) is 4.39. The summed E-state index contributed by atoms with van der Waals surface area (Å²) in [7, 11) is 1.66. The highest BCUT2D eigenvalue weighted by molar-refractivity contribution is 6.03. The van der Waals surface area contributed by atoms with Crippen LogP contribution in [0.5, 0.6) is 0 Å². The molecule has 0 saturated heterocycles. The van der Waals surface area contributed by atoms with Crippen LogP contribution in [0.2, 0.25) is 0 Å². The number of amides is 1. The van der Waals surface area contributed by atoms with Crippen molar-refractivity contribution in [1.82, 2.24) is 14.8 Å². The lowest BCUT2D eigenvalue weighted by Gasteiger charge is -2.12. The van der Waals surface area contributed by atoms with Crippen LogP contribution in [0.15, 0.2) is 54.7 Å². The number of halogens is 1. The molecule has 0 unspecified atom stereocenters. The first-order valence-corrected chi connectivity index (χ1v) is 8.90. The van der Waals surface area contributed by atoms with Crippen molar-refractivity contribution < 1.29 is 9.18 Å². The van der Waals surface area contributed by atoms with Crippen LogP contribution in [-0.2, 0) is 7.05 Å². The number of nitrogens with zero attached hydrogens (tertiary/aromatic N) is 3. The molecule has 4 rings (SSSR count). The number of carbonyl (C=O) groups is 1. The molecule has 4 aromatic rings. The molecule has 0 fully saturated rings. The van der Waals surface area contributed by atoms with Gasteiger partial charge in [-0.3, -0.25) is 9.48 Å². The molecule has 0 aliphatic carbocycles. The zero-order valence-electron chi connectivity index (χ0n) is 15.8. The molecule has 6 heteroatoms. The molecule has 0 radical (unpaired) electrons. The third kappa shape index (κ3) is 3.13. The summed E-state index contributed by atoms with van der Waals surface area (Å²) < 4.78 is 16.4. The van der Waals surface area contributed by atoms with Gasteiger partial charge >= 0.3 is 0 Å². The summed E-state index contributed by atoms with van der Waals surface area (Å²) in [6.45, 7) is 3.72. The highest BCUT2D eigenvalue weighted by Crippen LogP contribution is 2.30. The van der Waals surface area contributed by atoms with Crippen molar-refractivity contribution in [3.8, 4) is 11.3 Å². The van der Waals surface area contributed by atoms with Crippen molar-refractivity contribution in [2.45, 2.75) is 13.8 Å².